The van der Waals surface area contributed by atoms with Gasteiger partial charge < -0.3 is 24.0 Å². The molecule has 0 aliphatic rings. The molecule has 208 valence electrons. The van der Waals surface area contributed by atoms with E-state index in [9.17, 15) is 0 Å². The van der Waals surface area contributed by atoms with Crippen LogP contribution in [0.15, 0.2) is 78.2 Å². The van der Waals surface area contributed by atoms with Crippen molar-refractivity contribution in [3.05, 3.63) is 95.6 Å². The van der Waals surface area contributed by atoms with Crippen LogP contribution in [0.3, 0.4) is 0 Å². The van der Waals surface area contributed by atoms with Gasteiger partial charge in [-0.1, -0.05) is 29.4 Å². The average Bonchev–Trinajstić information content (AvgIpc) is 3.35. The second-order valence-corrected chi connectivity index (χ2v) is 9.71. The Morgan fingerprint density at radius 3 is 1.80 bits per heavy atom. The van der Waals surface area contributed by atoms with Crippen LogP contribution in [0.2, 0.25) is 0 Å². The molecule has 0 saturated carbocycles. The van der Waals surface area contributed by atoms with E-state index in [1.54, 1.807) is 21.3 Å². The van der Waals surface area contributed by atoms with Crippen molar-refractivity contribution in [1.29, 1.82) is 0 Å². The maximum atomic E-state index is 5.57. The molecule has 0 aliphatic carbocycles. The van der Waals surface area contributed by atoms with E-state index in [4.69, 9.17) is 19.3 Å². The van der Waals surface area contributed by atoms with Crippen LogP contribution in [0, 0.1) is 0 Å². The number of imidazole rings is 1. The van der Waals surface area contributed by atoms with Gasteiger partial charge in [-0.05, 0) is 53.6 Å². The summed E-state index contributed by atoms with van der Waals surface area (Å²) in [5.41, 5.74) is 5.42. The van der Waals surface area contributed by atoms with Crippen molar-refractivity contribution in [3.63, 3.8) is 0 Å². The maximum Gasteiger partial charge on any atom is 0.307 e. The molecular weight excluding hydrogens is 502 g/mol. The minimum atomic E-state index is 0.572. The first kappa shape index (κ1) is 28.3. The summed E-state index contributed by atoms with van der Waals surface area (Å²) in [7, 11) is 13.0. The van der Waals surface area contributed by atoms with Crippen molar-refractivity contribution in [2.45, 2.75) is 6.54 Å². The van der Waals surface area contributed by atoms with Gasteiger partial charge in [-0.25, -0.2) is 4.57 Å². The number of hydrogen-bond acceptors (Lipinski definition) is 6. The van der Waals surface area contributed by atoms with Crippen LogP contribution in [-0.4, -0.2) is 60.4 Å². The SMILES string of the molecule is COc1cc(C[n+]2ccn(/N=C/c3ccc(N(C)C)cc3)c2/C=C/c2ccc(N(C)C)cc2)cc(OC)c1OC. The second-order valence-electron chi connectivity index (χ2n) is 9.71. The lowest BCUT2D eigenvalue weighted by molar-refractivity contribution is -0.689. The molecule has 3 aromatic carbocycles. The Morgan fingerprint density at radius 2 is 1.30 bits per heavy atom. The first-order valence-electron chi connectivity index (χ1n) is 13.0. The predicted molar refractivity (Wildman–Crippen MR) is 163 cm³/mol. The van der Waals surface area contributed by atoms with Crippen molar-refractivity contribution in [2.75, 3.05) is 59.3 Å². The van der Waals surface area contributed by atoms with E-state index in [2.05, 4.69) is 75.0 Å². The van der Waals surface area contributed by atoms with Crippen LogP contribution < -0.4 is 28.6 Å². The normalized spacial score (nSPS) is 11.3. The number of anilines is 2. The molecule has 0 unspecified atom stereocenters. The van der Waals surface area contributed by atoms with Gasteiger partial charge in [-0.15, -0.1) is 4.68 Å². The Balaban J connectivity index is 1.70. The molecule has 0 bridgehead atoms. The minimum absolute atomic E-state index is 0.572. The maximum absolute atomic E-state index is 5.57. The van der Waals surface area contributed by atoms with Crippen molar-refractivity contribution in [1.82, 2.24) is 4.68 Å². The standard InChI is InChI=1S/C32H38N5O3/c1-34(2)27-13-8-24(9-14-27)12-17-31-36(23-26-20-29(38-5)32(40-7)30(21-26)39-6)18-19-37(31)33-22-25-10-15-28(16-11-25)35(3)4/h8-22H,23H2,1-7H3/q+1/b33-22+. The van der Waals surface area contributed by atoms with Crippen LogP contribution in [0.1, 0.15) is 22.5 Å². The number of nitrogens with zero attached hydrogens (tertiary/aromatic N) is 5. The number of benzene rings is 3. The summed E-state index contributed by atoms with van der Waals surface area (Å²) in [5.74, 6) is 2.72. The zero-order chi connectivity index (χ0) is 28.6. The Morgan fingerprint density at radius 1 is 0.750 bits per heavy atom. The van der Waals surface area contributed by atoms with Crippen LogP contribution in [0.5, 0.6) is 17.2 Å². The van der Waals surface area contributed by atoms with Gasteiger partial charge in [-0.3, -0.25) is 0 Å². The molecule has 0 atom stereocenters. The summed E-state index contributed by atoms with van der Waals surface area (Å²) in [6, 6.07) is 20.7. The summed E-state index contributed by atoms with van der Waals surface area (Å²) >= 11 is 0. The molecule has 0 spiro atoms. The lowest BCUT2D eigenvalue weighted by Crippen LogP contribution is -2.36. The highest BCUT2D eigenvalue weighted by Crippen LogP contribution is 2.38. The summed E-state index contributed by atoms with van der Waals surface area (Å²) in [4.78, 5) is 4.16. The Bertz CT molecular complexity index is 1440. The summed E-state index contributed by atoms with van der Waals surface area (Å²) in [6.07, 6.45) is 10.0. The molecule has 40 heavy (non-hydrogen) atoms. The smallest absolute Gasteiger partial charge is 0.307 e. The van der Waals surface area contributed by atoms with Gasteiger partial charge >= 0.3 is 5.82 Å². The Hall–Kier alpha value is -4.72. The van der Waals surface area contributed by atoms with Gasteiger partial charge in [0.05, 0.1) is 27.5 Å². The van der Waals surface area contributed by atoms with Gasteiger partial charge in [0.1, 0.15) is 12.7 Å². The molecule has 0 saturated heterocycles. The van der Waals surface area contributed by atoms with E-state index in [0.29, 0.717) is 23.8 Å². The Kier molecular flexibility index (Phi) is 9.11. The quantitative estimate of drug-likeness (QED) is 0.197. The molecule has 4 rings (SSSR count). The number of hydrogen-bond donors (Lipinski definition) is 0. The number of rotatable bonds is 11. The summed E-state index contributed by atoms with van der Waals surface area (Å²) < 4.78 is 20.7. The molecule has 1 aromatic heterocycles. The zero-order valence-electron chi connectivity index (χ0n) is 24.3. The van der Waals surface area contributed by atoms with Crippen LogP contribution in [0.4, 0.5) is 11.4 Å². The van der Waals surface area contributed by atoms with E-state index >= 15 is 0 Å². The van der Waals surface area contributed by atoms with Crippen molar-refractivity contribution in [3.8, 4) is 17.2 Å². The van der Waals surface area contributed by atoms with E-state index in [1.807, 2.05) is 63.6 Å². The van der Waals surface area contributed by atoms with Crippen molar-refractivity contribution >= 4 is 29.7 Å². The highest BCUT2D eigenvalue weighted by Gasteiger charge is 2.18. The third-order valence-electron chi connectivity index (χ3n) is 6.57. The van der Waals surface area contributed by atoms with Gasteiger partial charge in [-0.2, -0.15) is 0 Å². The number of methoxy groups -OCH3 is 3. The highest BCUT2D eigenvalue weighted by atomic mass is 16.5. The molecule has 8 nitrogen and oxygen atoms in total. The lowest BCUT2D eigenvalue weighted by Gasteiger charge is -2.13. The van der Waals surface area contributed by atoms with E-state index in [0.717, 1.165) is 33.9 Å². The van der Waals surface area contributed by atoms with E-state index < -0.39 is 0 Å². The number of aromatic nitrogens is 2. The predicted octanol–water partition coefficient (Wildman–Crippen LogP) is 5.03. The monoisotopic (exact) mass is 540 g/mol. The van der Waals surface area contributed by atoms with Gasteiger partial charge in [0.2, 0.25) is 5.75 Å². The first-order chi connectivity index (χ1) is 19.3. The first-order valence-corrected chi connectivity index (χ1v) is 13.0. The fourth-order valence-corrected chi connectivity index (χ4v) is 4.30. The van der Waals surface area contributed by atoms with E-state index in [-0.39, 0.29) is 0 Å². The van der Waals surface area contributed by atoms with Gasteiger partial charge in [0.25, 0.3) is 0 Å². The third kappa shape index (κ3) is 6.64. The molecule has 0 N–H and O–H groups in total. The lowest BCUT2D eigenvalue weighted by atomic mass is 10.1. The highest BCUT2D eigenvalue weighted by molar-refractivity contribution is 5.80. The van der Waals surface area contributed by atoms with Gasteiger partial charge in [0.15, 0.2) is 17.7 Å². The fourth-order valence-electron chi connectivity index (χ4n) is 4.30. The largest absolute Gasteiger partial charge is 0.493 e. The molecule has 4 aromatic rings. The van der Waals surface area contributed by atoms with Crippen molar-refractivity contribution in [2.24, 2.45) is 5.10 Å². The molecule has 8 heteroatoms. The molecule has 0 fully saturated rings. The van der Waals surface area contributed by atoms with E-state index in [1.165, 1.54) is 0 Å². The molecule has 0 radical (unpaired) electrons. The second kappa shape index (κ2) is 12.9. The average molecular weight is 541 g/mol. The molecule has 1 heterocycles. The van der Waals surface area contributed by atoms with Crippen molar-refractivity contribution < 1.29 is 18.8 Å². The molecule has 0 aliphatic heterocycles. The molecule has 0 amide bonds. The number of ether oxygens (including phenoxy) is 3. The zero-order valence-corrected chi connectivity index (χ0v) is 24.3. The van der Waals surface area contributed by atoms with Crippen LogP contribution >= 0.6 is 0 Å². The fraction of sp³-hybridized carbons (Fsp3) is 0.250. The van der Waals surface area contributed by atoms with Crippen LogP contribution in [-0.2, 0) is 6.54 Å². The third-order valence-corrected chi connectivity index (χ3v) is 6.57. The Labute approximate surface area is 237 Å². The topological polar surface area (TPSA) is 55.3 Å². The molecular formula is C32H38N5O3+. The minimum Gasteiger partial charge on any atom is -0.493 e. The summed E-state index contributed by atoms with van der Waals surface area (Å²) in [6.45, 7) is 0.579. The van der Waals surface area contributed by atoms with Gasteiger partial charge in [0, 0.05) is 51.2 Å². The summed E-state index contributed by atoms with van der Waals surface area (Å²) in [5, 5.41) is 4.79. The van der Waals surface area contributed by atoms with Crippen LogP contribution in [0.25, 0.3) is 12.2 Å².